The molecule has 2 aromatic carbocycles. The van der Waals surface area contributed by atoms with Crippen LogP contribution >= 0.6 is 0 Å². The summed E-state index contributed by atoms with van der Waals surface area (Å²) in [6, 6.07) is 15.8. The molecular formula is C18H20FNO. The fraction of sp³-hybridized carbons (Fsp3) is 0.333. The third kappa shape index (κ3) is 3.61. The maximum absolute atomic E-state index is 14.1. The van der Waals surface area contributed by atoms with Gasteiger partial charge in [0.2, 0.25) is 0 Å². The Hall–Kier alpha value is -1.87. The van der Waals surface area contributed by atoms with Gasteiger partial charge in [0, 0.05) is 12.6 Å². The highest BCUT2D eigenvalue weighted by Gasteiger charge is 2.23. The number of ether oxygens (including phenoxy) is 1. The minimum atomic E-state index is -0.273. The van der Waals surface area contributed by atoms with E-state index in [9.17, 15) is 4.39 Å². The van der Waals surface area contributed by atoms with Crippen LogP contribution in [-0.4, -0.2) is 12.6 Å². The zero-order valence-electron chi connectivity index (χ0n) is 12.2. The highest BCUT2D eigenvalue weighted by atomic mass is 19.1. The molecule has 1 atom stereocenters. The Morgan fingerprint density at radius 3 is 2.62 bits per heavy atom. The van der Waals surface area contributed by atoms with Crippen LogP contribution in [0.25, 0.3) is 0 Å². The van der Waals surface area contributed by atoms with Crippen molar-refractivity contribution in [1.29, 1.82) is 0 Å². The molecule has 1 fully saturated rings. The topological polar surface area (TPSA) is 21.3 Å². The predicted molar refractivity (Wildman–Crippen MR) is 82.0 cm³/mol. The van der Waals surface area contributed by atoms with E-state index < -0.39 is 0 Å². The second-order valence-corrected chi connectivity index (χ2v) is 5.59. The summed E-state index contributed by atoms with van der Waals surface area (Å²) in [5, 5.41) is 3.46. The van der Waals surface area contributed by atoms with Crippen LogP contribution in [0.3, 0.4) is 0 Å². The molecule has 110 valence electrons. The molecule has 21 heavy (non-hydrogen) atoms. The largest absolute Gasteiger partial charge is 0.481 e. The first-order valence-electron chi connectivity index (χ1n) is 7.44. The molecule has 1 aliphatic carbocycles. The van der Waals surface area contributed by atoms with Crippen LogP contribution in [0.2, 0.25) is 0 Å². The standard InChI is InChI=1S/C18H20FNO/c1-13-6-5-9-16(18(13)19)21-17(12-20-15-10-11-15)14-7-3-2-4-8-14/h2-9,15,17,20H,10-12H2,1H3. The van der Waals surface area contributed by atoms with Crippen molar-refractivity contribution in [2.75, 3.05) is 6.54 Å². The molecule has 0 aliphatic heterocycles. The Morgan fingerprint density at radius 2 is 1.90 bits per heavy atom. The molecule has 1 aliphatic rings. The average Bonchev–Trinajstić information content (AvgIpc) is 3.33. The predicted octanol–water partition coefficient (Wildman–Crippen LogP) is 4.01. The van der Waals surface area contributed by atoms with Gasteiger partial charge in [-0.15, -0.1) is 0 Å². The molecule has 2 nitrogen and oxygen atoms in total. The van der Waals surface area contributed by atoms with Crippen LogP contribution < -0.4 is 10.1 Å². The van der Waals surface area contributed by atoms with Crippen molar-refractivity contribution in [3.8, 4) is 5.75 Å². The van der Waals surface area contributed by atoms with Crippen molar-refractivity contribution >= 4 is 0 Å². The van der Waals surface area contributed by atoms with E-state index in [-0.39, 0.29) is 11.9 Å². The molecule has 2 aromatic rings. The van der Waals surface area contributed by atoms with Gasteiger partial charge in [-0.05, 0) is 37.0 Å². The second kappa shape index (κ2) is 6.27. The number of aryl methyl sites for hydroxylation is 1. The number of rotatable bonds is 6. The molecule has 0 radical (unpaired) electrons. The Bertz CT molecular complexity index is 595. The van der Waals surface area contributed by atoms with Crippen molar-refractivity contribution in [1.82, 2.24) is 5.32 Å². The molecule has 1 saturated carbocycles. The number of hydrogen-bond donors (Lipinski definition) is 1. The van der Waals surface area contributed by atoms with Gasteiger partial charge in [-0.3, -0.25) is 0 Å². The van der Waals surface area contributed by atoms with E-state index in [2.05, 4.69) is 5.32 Å². The highest BCUT2D eigenvalue weighted by molar-refractivity contribution is 5.31. The molecule has 1 N–H and O–H groups in total. The van der Waals surface area contributed by atoms with Crippen molar-refractivity contribution in [3.05, 3.63) is 65.5 Å². The van der Waals surface area contributed by atoms with E-state index in [0.717, 1.165) is 5.56 Å². The Morgan fingerprint density at radius 1 is 1.14 bits per heavy atom. The van der Waals surface area contributed by atoms with E-state index in [1.54, 1.807) is 19.1 Å². The van der Waals surface area contributed by atoms with Crippen molar-refractivity contribution in [2.45, 2.75) is 31.9 Å². The third-order valence-electron chi connectivity index (χ3n) is 3.77. The zero-order valence-corrected chi connectivity index (χ0v) is 12.2. The summed E-state index contributed by atoms with van der Waals surface area (Å²) in [5.74, 6) is 0.0475. The van der Waals surface area contributed by atoms with E-state index in [0.29, 0.717) is 23.9 Å². The van der Waals surface area contributed by atoms with Gasteiger partial charge in [0.25, 0.3) is 0 Å². The minimum absolute atomic E-state index is 0.178. The summed E-state index contributed by atoms with van der Waals surface area (Å²) in [5.41, 5.74) is 1.67. The molecule has 0 spiro atoms. The lowest BCUT2D eigenvalue weighted by Crippen LogP contribution is -2.27. The third-order valence-corrected chi connectivity index (χ3v) is 3.77. The highest BCUT2D eigenvalue weighted by Crippen LogP contribution is 2.27. The lowest BCUT2D eigenvalue weighted by molar-refractivity contribution is 0.192. The first-order chi connectivity index (χ1) is 10.2. The van der Waals surface area contributed by atoms with Gasteiger partial charge in [-0.2, -0.15) is 0 Å². The van der Waals surface area contributed by atoms with Gasteiger partial charge in [0.1, 0.15) is 6.10 Å². The van der Waals surface area contributed by atoms with Crippen LogP contribution in [0.4, 0.5) is 4.39 Å². The van der Waals surface area contributed by atoms with Crippen LogP contribution in [0.5, 0.6) is 5.75 Å². The van der Waals surface area contributed by atoms with Gasteiger partial charge in [-0.25, -0.2) is 4.39 Å². The maximum Gasteiger partial charge on any atom is 0.167 e. The van der Waals surface area contributed by atoms with Gasteiger partial charge in [-0.1, -0.05) is 42.5 Å². The Labute approximate surface area is 125 Å². The summed E-state index contributed by atoms with van der Waals surface area (Å²) in [4.78, 5) is 0. The molecule has 0 heterocycles. The zero-order chi connectivity index (χ0) is 14.7. The summed E-state index contributed by atoms with van der Waals surface area (Å²) in [6.45, 7) is 2.45. The molecule has 0 saturated heterocycles. The summed E-state index contributed by atoms with van der Waals surface area (Å²) in [7, 11) is 0. The van der Waals surface area contributed by atoms with Gasteiger partial charge >= 0.3 is 0 Å². The normalized spacial score (nSPS) is 15.7. The van der Waals surface area contributed by atoms with Crippen LogP contribution in [-0.2, 0) is 0 Å². The number of hydrogen-bond acceptors (Lipinski definition) is 2. The summed E-state index contributed by atoms with van der Waals surface area (Å²) < 4.78 is 20.1. The molecular weight excluding hydrogens is 265 g/mol. The van der Waals surface area contributed by atoms with Crippen LogP contribution in [0.15, 0.2) is 48.5 Å². The molecule has 3 rings (SSSR count). The van der Waals surface area contributed by atoms with E-state index in [4.69, 9.17) is 4.74 Å². The first-order valence-corrected chi connectivity index (χ1v) is 7.44. The monoisotopic (exact) mass is 285 g/mol. The molecule has 0 bridgehead atoms. The lowest BCUT2D eigenvalue weighted by Gasteiger charge is -2.21. The quantitative estimate of drug-likeness (QED) is 0.866. The van der Waals surface area contributed by atoms with Gasteiger partial charge in [0.05, 0.1) is 0 Å². The Balaban J connectivity index is 1.79. The van der Waals surface area contributed by atoms with Gasteiger partial charge < -0.3 is 10.1 Å². The number of benzene rings is 2. The SMILES string of the molecule is Cc1cccc(OC(CNC2CC2)c2ccccc2)c1F. The van der Waals surface area contributed by atoms with Crippen molar-refractivity contribution in [2.24, 2.45) is 0 Å². The fourth-order valence-corrected chi connectivity index (χ4v) is 2.32. The summed E-state index contributed by atoms with van der Waals surface area (Å²) in [6.07, 6.45) is 2.27. The van der Waals surface area contributed by atoms with E-state index in [1.165, 1.54) is 12.8 Å². The molecule has 3 heteroatoms. The van der Waals surface area contributed by atoms with Crippen LogP contribution in [0, 0.1) is 12.7 Å². The van der Waals surface area contributed by atoms with Crippen molar-refractivity contribution < 1.29 is 9.13 Å². The lowest BCUT2D eigenvalue weighted by atomic mass is 10.1. The number of nitrogens with one attached hydrogen (secondary N) is 1. The van der Waals surface area contributed by atoms with E-state index in [1.807, 2.05) is 36.4 Å². The second-order valence-electron chi connectivity index (χ2n) is 5.59. The Kier molecular flexibility index (Phi) is 4.20. The smallest absolute Gasteiger partial charge is 0.167 e. The van der Waals surface area contributed by atoms with Gasteiger partial charge in [0.15, 0.2) is 11.6 Å². The van der Waals surface area contributed by atoms with E-state index >= 15 is 0 Å². The van der Waals surface area contributed by atoms with Crippen molar-refractivity contribution in [3.63, 3.8) is 0 Å². The fourth-order valence-electron chi connectivity index (χ4n) is 2.32. The summed E-state index contributed by atoms with van der Waals surface area (Å²) >= 11 is 0. The molecule has 1 unspecified atom stereocenters. The number of halogens is 1. The average molecular weight is 285 g/mol. The first kappa shape index (κ1) is 14.1. The maximum atomic E-state index is 14.1. The van der Waals surface area contributed by atoms with Crippen LogP contribution in [0.1, 0.15) is 30.1 Å². The molecule has 0 aromatic heterocycles. The molecule has 0 amide bonds. The minimum Gasteiger partial charge on any atom is -0.481 e.